The number of benzene rings is 2. The van der Waals surface area contributed by atoms with Crippen molar-refractivity contribution in [2.45, 2.75) is 6.54 Å². The van der Waals surface area contributed by atoms with E-state index < -0.39 is 0 Å². The molecule has 0 saturated heterocycles. The van der Waals surface area contributed by atoms with Gasteiger partial charge >= 0.3 is 0 Å². The lowest BCUT2D eigenvalue weighted by Gasteiger charge is -2.08. The van der Waals surface area contributed by atoms with Crippen molar-refractivity contribution in [1.82, 2.24) is 19.3 Å². The van der Waals surface area contributed by atoms with E-state index in [2.05, 4.69) is 48.9 Å². The molecular weight excluding hydrogens is 383 g/mol. The van der Waals surface area contributed by atoms with Crippen molar-refractivity contribution in [1.29, 1.82) is 0 Å². The third kappa shape index (κ3) is 2.33. The van der Waals surface area contributed by atoms with Crippen LogP contribution >= 0.6 is 15.9 Å². The van der Waals surface area contributed by atoms with Gasteiger partial charge in [0, 0.05) is 22.8 Å². The first-order valence-electron chi connectivity index (χ1n) is 7.84. The third-order valence-corrected chi connectivity index (χ3v) is 4.95. The molecule has 5 rings (SSSR count). The summed E-state index contributed by atoms with van der Waals surface area (Å²) in [4.78, 5) is 4.46. The lowest BCUT2D eigenvalue weighted by Crippen LogP contribution is -2.01. The summed E-state index contributed by atoms with van der Waals surface area (Å²) in [5.74, 6) is 0.567. The quantitative estimate of drug-likeness (QED) is 0.414. The van der Waals surface area contributed by atoms with Crippen LogP contribution < -0.4 is 0 Å². The minimum atomic E-state index is -0.233. The Labute approximate surface area is 151 Å². The number of fused-ring (bicyclic) bond motifs is 5. The molecule has 1 aliphatic rings. The highest BCUT2D eigenvalue weighted by Crippen LogP contribution is 2.34. The van der Waals surface area contributed by atoms with Crippen LogP contribution in [0.3, 0.4) is 0 Å². The van der Waals surface area contributed by atoms with Gasteiger partial charge in [-0.3, -0.25) is 0 Å². The largest absolute Gasteiger partial charge is 0.340 e. The van der Waals surface area contributed by atoms with Gasteiger partial charge in [-0.2, -0.15) is 5.10 Å². The van der Waals surface area contributed by atoms with Crippen LogP contribution in [0.2, 0.25) is 0 Å². The van der Waals surface area contributed by atoms with Gasteiger partial charge in [-0.15, -0.1) is 0 Å². The number of hydrogen-bond acceptors (Lipinski definition) is 2. The van der Waals surface area contributed by atoms with Crippen LogP contribution in [0.1, 0.15) is 5.56 Å². The van der Waals surface area contributed by atoms with Crippen LogP contribution in [0.4, 0.5) is 4.39 Å². The first-order chi connectivity index (χ1) is 12.2. The van der Waals surface area contributed by atoms with Crippen molar-refractivity contribution in [3.05, 3.63) is 76.9 Å². The van der Waals surface area contributed by atoms with E-state index in [4.69, 9.17) is 0 Å². The second kappa shape index (κ2) is 5.39. The molecule has 25 heavy (non-hydrogen) atoms. The molecule has 0 aliphatic carbocycles. The number of hydrogen-bond donors (Lipinski definition) is 0. The molecule has 0 atom stereocenters. The fraction of sp³-hybridized carbons (Fsp3) is 0.0526. The summed E-state index contributed by atoms with van der Waals surface area (Å²) in [6.07, 6.45) is 3.65. The van der Waals surface area contributed by atoms with E-state index in [0.29, 0.717) is 0 Å². The van der Waals surface area contributed by atoms with Crippen molar-refractivity contribution in [3.63, 3.8) is 0 Å². The molecule has 2 aromatic carbocycles. The molecule has 1 aliphatic heterocycles. The molecule has 4 aromatic rings. The molecule has 0 spiro atoms. The molecule has 0 saturated carbocycles. The molecule has 0 fully saturated rings. The van der Waals surface area contributed by atoms with E-state index in [9.17, 15) is 4.39 Å². The summed E-state index contributed by atoms with van der Waals surface area (Å²) < 4.78 is 18.3. The summed E-state index contributed by atoms with van der Waals surface area (Å²) in [6.45, 7) is 0.719. The summed E-state index contributed by atoms with van der Waals surface area (Å²) in [5.41, 5.74) is 5.18. The van der Waals surface area contributed by atoms with Gasteiger partial charge in [-0.25, -0.2) is 14.1 Å². The lowest BCUT2D eigenvalue weighted by atomic mass is 10.1. The van der Waals surface area contributed by atoms with Crippen molar-refractivity contribution >= 4 is 15.9 Å². The van der Waals surface area contributed by atoms with Crippen LogP contribution in [0.25, 0.3) is 28.3 Å². The number of nitrogens with zero attached hydrogens (tertiary/aromatic N) is 4. The molecule has 0 radical (unpaired) electrons. The molecule has 122 valence electrons. The Kier molecular flexibility index (Phi) is 3.15. The van der Waals surface area contributed by atoms with Gasteiger partial charge in [-0.1, -0.05) is 28.1 Å². The van der Waals surface area contributed by atoms with E-state index >= 15 is 0 Å². The zero-order valence-electron chi connectivity index (χ0n) is 13.0. The SMILES string of the molecule is Fc1ccc(-c2cc3n(c2)Cc2cc(Br)ccc2-n2ncnc2-3)cc1. The summed E-state index contributed by atoms with van der Waals surface area (Å²) in [6, 6.07) is 14.8. The van der Waals surface area contributed by atoms with Crippen molar-refractivity contribution in [3.8, 4) is 28.3 Å². The highest BCUT2D eigenvalue weighted by atomic mass is 79.9. The summed E-state index contributed by atoms with van der Waals surface area (Å²) in [5, 5.41) is 4.41. The van der Waals surface area contributed by atoms with E-state index in [0.717, 1.165) is 44.9 Å². The highest BCUT2D eigenvalue weighted by Gasteiger charge is 2.22. The Morgan fingerprint density at radius 1 is 1.00 bits per heavy atom. The normalized spacial score (nSPS) is 12.2. The molecular formula is C19H12BrFN4. The number of aromatic nitrogens is 4. The van der Waals surface area contributed by atoms with Gasteiger partial charge in [0.15, 0.2) is 5.82 Å². The monoisotopic (exact) mass is 394 g/mol. The second-order valence-electron chi connectivity index (χ2n) is 6.02. The first-order valence-corrected chi connectivity index (χ1v) is 8.64. The number of rotatable bonds is 1. The van der Waals surface area contributed by atoms with Gasteiger partial charge in [0.05, 0.1) is 11.4 Å². The van der Waals surface area contributed by atoms with E-state index in [1.54, 1.807) is 18.5 Å². The van der Waals surface area contributed by atoms with Gasteiger partial charge in [-0.05, 0) is 47.5 Å². The second-order valence-corrected chi connectivity index (χ2v) is 6.93. The molecule has 2 aromatic heterocycles. The van der Waals surface area contributed by atoms with Crippen molar-refractivity contribution < 1.29 is 4.39 Å². The van der Waals surface area contributed by atoms with E-state index in [1.807, 2.05) is 16.8 Å². The fourth-order valence-corrected chi connectivity index (χ4v) is 3.70. The van der Waals surface area contributed by atoms with Gasteiger partial charge in [0.2, 0.25) is 0 Å². The van der Waals surface area contributed by atoms with Crippen LogP contribution in [0.15, 0.2) is 65.5 Å². The fourth-order valence-electron chi connectivity index (χ4n) is 3.29. The lowest BCUT2D eigenvalue weighted by molar-refractivity contribution is 0.628. The molecule has 6 heteroatoms. The molecule has 0 bridgehead atoms. The Balaban J connectivity index is 1.71. The average Bonchev–Trinajstić information content (AvgIpc) is 3.21. The maximum atomic E-state index is 13.2. The van der Waals surface area contributed by atoms with Gasteiger partial charge in [0.1, 0.15) is 12.1 Å². The zero-order chi connectivity index (χ0) is 17.0. The molecule has 0 unspecified atom stereocenters. The Morgan fingerprint density at radius 2 is 1.84 bits per heavy atom. The van der Waals surface area contributed by atoms with Crippen LogP contribution in [-0.2, 0) is 6.54 Å². The number of halogens is 2. The predicted molar refractivity (Wildman–Crippen MR) is 97.0 cm³/mol. The van der Waals surface area contributed by atoms with Crippen LogP contribution in [0.5, 0.6) is 0 Å². The Hall–Kier alpha value is -2.73. The van der Waals surface area contributed by atoms with E-state index in [-0.39, 0.29) is 5.82 Å². The minimum absolute atomic E-state index is 0.233. The molecule has 0 amide bonds. The molecule has 3 heterocycles. The smallest absolute Gasteiger partial charge is 0.179 e. The first kappa shape index (κ1) is 14.6. The molecule has 0 N–H and O–H groups in total. The predicted octanol–water partition coefficient (Wildman–Crippen LogP) is 4.67. The third-order valence-electron chi connectivity index (χ3n) is 4.46. The van der Waals surface area contributed by atoms with Crippen LogP contribution in [-0.4, -0.2) is 19.3 Å². The van der Waals surface area contributed by atoms with Crippen molar-refractivity contribution in [2.24, 2.45) is 0 Å². The maximum absolute atomic E-state index is 13.2. The van der Waals surface area contributed by atoms with E-state index in [1.165, 1.54) is 12.1 Å². The molecule has 4 nitrogen and oxygen atoms in total. The van der Waals surface area contributed by atoms with Gasteiger partial charge in [0.25, 0.3) is 0 Å². The maximum Gasteiger partial charge on any atom is 0.179 e. The Bertz CT molecular complexity index is 1100. The highest BCUT2D eigenvalue weighted by molar-refractivity contribution is 9.10. The van der Waals surface area contributed by atoms with Gasteiger partial charge < -0.3 is 4.57 Å². The zero-order valence-corrected chi connectivity index (χ0v) is 14.6. The summed E-state index contributed by atoms with van der Waals surface area (Å²) in [7, 11) is 0. The minimum Gasteiger partial charge on any atom is -0.340 e. The topological polar surface area (TPSA) is 35.6 Å². The Morgan fingerprint density at radius 3 is 2.68 bits per heavy atom. The van der Waals surface area contributed by atoms with Crippen LogP contribution in [0, 0.1) is 5.82 Å². The standard InChI is InChI=1S/C19H12BrFN4/c20-15-3-6-17-14(7-15)10-24-9-13(12-1-4-16(21)5-2-12)8-18(24)19-22-11-23-25(17)19/h1-9,11H,10H2. The van der Waals surface area contributed by atoms with Crippen molar-refractivity contribution in [2.75, 3.05) is 0 Å². The summed E-state index contributed by atoms with van der Waals surface area (Å²) >= 11 is 3.55. The average molecular weight is 395 g/mol.